The third-order valence-electron chi connectivity index (χ3n) is 3.71. The monoisotopic (exact) mass is 311 g/mol. The van der Waals surface area contributed by atoms with Crippen LogP contribution in [0.5, 0.6) is 0 Å². The van der Waals surface area contributed by atoms with Crippen LogP contribution >= 0.6 is 11.6 Å². The maximum atomic E-state index is 11.9. The summed E-state index contributed by atoms with van der Waals surface area (Å²) in [5.41, 5.74) is 1.62. The maximum absolute atomic E-state index is 11.9. The Hall–Kier alpha value is -1.29. The minimum atomic E-state index is -0.0794. The molecule has 1 rings (SSSR count). The molecule has 0 fully saturated rings. The number of rotatable bonds is 8. The summed E-state index contributed by atoms with van der Waals surface area (Å²) in [5, 5.41) is 7.72. The second-order valence-corrected chi connectivity index (χ2v) is 5.77. The molecule has 0 saturated carbocycles. The number of amides is 1. The molecule has 4 nitrogen and oxygen atoms in total. The second kappa shape index (κ2) is 8.88. The van der Waals surface area contributed by atoms with Crippen molar-refractivity contribution in [2.75, 3.05) is 6.54 Å². The summed E-state index contributed by atoms with van der Waals surface area (Å²) >= 11 is 6.12. The summed E-state index contributed by atoms with van der Waals surface area (Å²) < 4.78 is 1.60. The average molecular weight is 312 g/mol. The number of carbonyl (C=O) groups is 1. The summed E-state index contributed by atoms with van der Waals surface area (Å²) in [6.07, 6.45) is 7.94. The van der Waals surface area contributed by atoms with E-state index >= 15 is 0 Å². The van der Waals surface area contributed by atoms with E-state index in [9.17, 15) is 4.79 Å². The molecule has 0 radical (unpaired) electrons. The summed E-state index contributed by atoms with van der Waals surface area (Å²) in [7, 11) is 1.78. The lowest BCUT2D eigenvalue weighted by atomic mass is 9.99. The topological polar surface area (TPSA) is 46.9 Å². The van der Waals surface area contributed by atoms with Crippen LogP contribution in [-0.4, -0.2) is 22.2 Å². The largest absolute Gasteiger partial charge is 0.352 e. The van der Waals surface area contributed by atoms with Gasteiger partial charge in [0.2, 0.25) is 5.91 Å². The molecule has 0 spiro atoms. The van der Waals surface area contributed by atoms with Gasteiger partial charge in [-0.15, -0.1) is 0 Å². The van der Waals surface area contributed by atoms with Gasteiger partial charge in [-0.2, -0.15) is 5.10 Å². The Kier molecular flexibility index (Phi) is 7.51. The summed E-state index contributed by atoms with van der Waals surface area (Å²) in [5.74, 6) is 0.482. The van der Waals surface area contributed by atoms with Crippen LogP contribution in [0.2, 0.25) is 5.15 Å². The zero-order valence-electron chi connectivity index (χ0n) is 13.4. The van der Waals surface area contributed by atoms with Crippen molar-refractivity contribution >= 4 is 23.6 Å². The molecule has 21 heavy (non-hydrogen) atoms. The molecular weight excluding hydrogens is 286 g/mol. The molecule has 0 aliphatic heterocycles. The lowest BCUT2D eigenvalue weighted by Crippen LogP contribution is -2.27. The first-order chi connectivity index (χ1) is 9.99. The number of unbranched alkanes of at least 4 members (excludes halogenated alkanes) is 1. The smallest absolute Gasteiger partial charge is 0.244 e. The molecular formula is C16H26ClN3O. The molecule has 118 valence electrons. The lowest BCUT2D eigenvalue weighted by molar-refractivity contribution is -0.116. The van der Waals surface area contributed by atoms with Crippen LogP contribution in [0.3, 0.4) is 0 Å². The predicted octanol–water partition coefficient (Wildman–Crippen LogP) is 3.73. The highest BCUT2D eigenvalue weighted by Crippen LogP contribution is 2.19. The SMILES string of the molecule is CCCCC(CC)CNC(=O)/C=C/c1c(C)nn(C)c1Cl. The maximum Gasteiger partial charge on any atom is 0.244 e. The Bertz CT molecular complexity index is 494. The van der Waals surface area contributed by atoms with Crippen molar-refractivity contribution in [1.29, 1.82) is 0 Å². The highest BCUT2D eigenvalue weighted by atomic mass is 35.5. The molecule has 1 amide bonds. The van der Waals surface area contributed by atoms with Gasteiger partial charge >= 0.3 is 0 Å². The minimum Gasteiger partial charge on any atom is -0.352 e. The van der Waals surface area contributed by atoms with E-state index in [0.29, 0.717) is 11.1 Å². The molecule has 1 unspecified atom stereocenters. The van der Waals surface area contributed by atoms with Gasteiger partial charge < -0.3 is 5.32 Å². The fourth-order valence-electron chi connectivity index (χ4n) is 2.24. The summed E-state index contributed by atoms with van der Waals surface area (Å²) in [6, 6.07) is 0. The summed E-state index contributed by atoms with van der Waals surface area (Å²) in [6.45, 7) is 6.97. The first-order valence-corrected chi connectivity index (χ1v) is 8.02. The van der Waals surface area contributed by atoms with E-state index in [2.05, 4.69) is 24.3 Å². The number of carbonyl (C=O) groups excluding carboxylic acids is 1. The quantitative estimate of drug-likeness (QED) is 0.744. The molecule has 1 aromatic heterocycles. The van der Waals surface area contributed by atoms with Gasteiger partial charge in [0.05, 0.1) is 5.69 Å². The van der Waals surface area contributed by atoms with Crippen LogP contribution in [0.25, 0.3) is 6.08 Å². The Morgan fingerprint density at radius 1 is 1.48 bits per heavy atom. The van der Waals surface area contributed by atoms with Crippen molar-refractivity contribution < 1.29 is 4.79 Å². The minimum absolute atomic E-state index is 0.0794. The van der Waals surface area contributed by atoms with E-state index < -0.39 is 0 Å². The Balaban J connectivity index is 2.51. The number of hydrogen-bond acceptors (Lipinski definition) is 2. The van der Waals surface area contributed by atoms with Crippen molar-refractivity contribution in [3.63, 3.8) is 0 Å². The van der Waals surface area contributed by atoms with Gasteiger partial charge in [0.1, 0.15) is 5.15 Å². The highest BCUT2D eigenvalue weighted by Gasteiger charge is 2.09. The molecule has 0 aliphatic rings. The molecule has 0 saturated heterocycles. The van der Waals surface area contributed by atoms with Crippen LogP contribution in [0.4, 0.5) is 0 Å². The van der Waals surface area contributed by atoms with Gasteiger partial charge in [-0.3, -0.25) is 9.48 Å². The van der Waals surface area contributed by atoms with E-state index in [4.69, 9.17) is 11.6 Å². The number of nitrogens with one attached hydrogen (secondary N) is 1. The molecule has 1 aromatic rings. The number of halogens is 1. The Labute approximate surface area is 132 Å². The third-order valence-corrected chi connectivity index (χ3v) is 4.15. The van der Waals surface area contributed by atoms with Gasteiger partial charge in [0.15, 0.2) is 0 Å². The van der Waals surface area contributed by atoms with Crippen molar-refractivity contribution in [1.82, 2.24) is 15.1 Å². The zero-order valence-corrected chi connectivity index (χ0v) is 14.2. The first kappa shape index (κ1) is 17.8. The van der Waals surface area contributed by atoms with E-state index in [1.807, 2.05) is 6.92 Å². The van der Waals surface area contributed by atoms with Crippen LogP contribution in [-0.2, 0) is 11.8 Å². The van der Waals surface area contributed by atoms with Crippen LogP contribution in [0.1, 0.15) is 50.8 Å². The average Bonchev–Trinajstić information content (AvgIpc) is 2.70. The van der Waals surface area contributed by atoms with Gasteiger partial charge in [0.25, 0.3) is 0 Å². The van der Waals surface area contributed by atoms with Crippen molar-refractivity contribution in [2.24, 2.45) is 13.0 Å². The molecule has 0 bridgehead atoms. The van der Waals surface area contributed by atoms with Crippen molar-refractivity contribution in [3.05, 3.63) is 22.5 Å². The lowest BCUT2D eigenvalue weighted by Gasteiger charge is -2.14. The van der Waals surface area contributed by atoms with Gasteiger partial charge in [-0.05, 0) is 25.3 Å². The van der Waals surface area contributed by atoms with Gasteiger partial charge in [-0.1, -0.05) is 44.7 Å². The van der Waals surface area contributed by atoms with E-state index in [1.165, 1.54) is 25.3 Å². The Morgan fingerprint density at radius 2 is 2.19 bits per heavy atom. The van der Waals surface area contributed by atoms with Gasteiger partial charge in [0, 0.05) is 25.2 Å². The highest BCUT2D eigenvalue weighted by molar-refractivity contribution is 6.31. The molecule has 1 heterocycles. The molecule has 1 atom stereocenters. The normalized spacial score (nSPS) is 12.8. The predicted molar refractivity (Wildman–Crippen MR) is 88.3 cm³/mol. The number of hydrogen-bond donors (Lipinski definition) is 1. The van der Waals surface area contributed by atoms with E-state index in [-0.39, 0.29) is 5.91 Å². The fraction of sp³-hybridized carbons (Fsp3) is 0.625. The number of aryl methyl sites for hydroxylation is 2. The molecule has 0 aliphatic carbocycles. The second-order valence-electron chi connectivity index (χ2n) is 5.41. The van der Waals surface area contributed by atoms with Crippen LogP contribution in [0, 0.1) is 12.8 Å². The van der Waals surface area contributed by atoms with E-state index in [1.54, 1.807) is 17.8 Å². The molecule has 1 N–H and O–H groups in total. The molecule has 5 heteroatoms. The van der Waals surface area contributed by atoms with Crippen molar-refractivity contribution in [3.8, 4) is 0 Å². The number of aromatic nitrogens is 2. The van der Waals surface area contributed by atoms with E-state index in [0.717, 1.165) is 24.2 Å². The van der Waals surface area contributed by atoms with Crippen LogP contribution < -0.4 is 5.32 Å². The Morgan fingerprint density at radius 3 is 2.71 bits per heavy atom. The fourth-order valence-corrected chi connectivity index (χ4v) is 2.48. The van der Waals surface area contributed by atoms with Gasteiger partial charge in [-0.25, -0.2) is 0 Å². The molecule has 0 aromatic carbocycles. The van der Waals surface area contributed by atoms with Crippen LogP contribution in [0.15, 0.2) is 6.08 Å². The third kappa shape index (κ3) is 5.54. The first-order valence-electron chi connectivity index (χ1n) is 7.64. The standard InChI is InChI=1S/C16H26ClN3O/c1-5-7-8-13(6-2)11-18-15(21)10-9-14-12(3)19-20(4)16(14)17/h9-10,13H,5-8,11H2,1-4H3,(H,18,21)/b10-9+. The number of nitrogens with zero attached hydrogens (tertiary/aromatic N) is 2. The zero-order chi connectivity index (χ0) is 15.8. The summed E-state index contributed by atoms with van der Waals surface area (Å²) in [4.78, 5) is 11.9. The van der Waals surface area contributed by atoms with Crippen molar-refractivity contribution in [2.45, 2.75) is 46.5 Å².